The molecule has 0 aliphatic carbocycles. The second kappa shape index (κ2) is 3.07. The van der Waals surface area contributed by atoms with Crippen molar-refractivity contribution in [1.82, 2.24) is 0 Å². The van der Waals surface area contributed by atoms with Gasteiger partial charge in [0.2, 0.25) is 0 Å². The van der Waals surface area contributed by atoms with Crippen LogP contribution in [-0.4, -0.2) is 13.7 Å². The summed E-state index contributed by atoms with van der Waals surface area (Å²) in [6.07, 6.45) is 0.273. The third-order valence-electron chi connectivity index (χ3n) is 1.88. The molecule has 2 nitrogen and oxygen atoms in total. The van der Waals surface area contributed by atoms with E-state index in [2.05, 4.69) is 15.9 Å². The predicted molar refractivity (Wildman–Crippen MR) is 49.4 cm³/mol. The van der Waals surface area contributed by atoms with E-state index < -0.39 is 0 Å². The summed E-state index contributed by atoms with van der Waals surface area (Å²) in [7, 11) is 1.67. The van der Waals surface area contributed by atoms with Crippen LogP contribution in [0.5, 0.6) is 5.75 Å². The number of rotatable bonds is 2. The predicted octanol–water partition coefficient (Wildman–Crippen LogP) is 2.53. The summed E-state index contributed by atoms with van der Waals surface area (Å²) < 4.78 is 11.4. The Morgan fingerprint density at radius 3 is 2.92 bits per heavy atom. The zero-order chi connectivity index (χ0) is 8.55. The molecule has 3 heteroatoms. The topological polar surface area (TPSA) is 21.8 Å². The summed E-state index contributed by atoms with van der Waals surface area (Å²) in [5.41, 5.74) is 1.18. The van der Waals surface area contributed by atoms with Crippen LogP contribution < -0.4 is 4.74 Å². The van der Waals surface area contributed by atoms with Gasteiger partial charge >= 0.3 is 0 Å². The minimum Gasteiger partial charge on any atom is -0.497 e. The van der Waals surface area contributed by atoms with Gasteiger partial charge in [-0.05, 0) is 18.2 Å². The smallest absolute Gasteiger partial charge is 0.119 e. The van der Waals surface area contributed by atoms with Gasteiger partial charge in [0.1, 0.15) is 11.9 Å². The Kier molecular flexibility index (Phi) is 2.07. The van der Waals surface area contributed by atoms with Crippen LogP contribution in [0.3, 0.4) is 0 Å². The Bertz CT molecular complexity index is 295. The highest BCUT2D eigenvalue weighted by Gasteiger charge is 2.27. The van der Waals surface area contributed by atoms with Gasteiger partial charge in [-0.1, -0.05) is 15.9 Å². The van der Waals surface area contributed by atoms with E-state index in [1.807, 2.05) is 18.2 Å². The Balaban J connectivity index is 2.36. The molecule has 0 unspecified atom stereocenters. The van der Waals surface area contributed by atoms with E-state index in [9.17, 15) is 0 Å². The van der Waals surface area contributed by atoms with E-state index in [1.54, 1.807) is 7.11 Å². The highest BCUT2D eigenvalue weighted by atomic mass is 79.9. The van der Waals surface area contributed by atoms with Crippen molar-refractivity contribution < 1.29 is 9.47 Å². The average molecular weight is 229 g/mol. The molecule has 64 valence electrons. The van der Waals surface area contributed by atoms with Crippen molar-refractivity contribution in [2.24, 2.45) is 0 Å². The average Bonchev–Trinajstić information content (AvgIpc) is 2.88. The fourth-order valence-electron chi connectivity index (χ4n) is 1.12. The highest BCUT2D eigenvalue weighted by Crippen LogP contribution is 2.36. The summed E-state index contributed by atoms with van der Waals surface area (Å²) in [6, 6.07) is 5.91. The second-order valence-electron chi connectivity index (χ2n) is 2.71. The van der Waals surface area contributed by atoms with E-state index in [4.69, 9.17) is 9.47 Å². The lowest BCUT2D eigenvalue weighted by Gasteiger charge is -2.03. The Labute approximate surface area is 79.6 Å². The van der Waals surface area contributed by atoms with Gasteiger partial charge in [0.25, 0.3) is 0 Å². The standard InChI is InChI=1S/C9H9BrO2/c1-11-6-2-3-8(10)7(4-6)9-5-12-9/h2-4,9H,5H2,1H3/t9-/m1/s1. The van der Waals surface area contributed by atoms with Crippen molar-refractivity contribution in [3.05, 3.63) is 28.2 Å². The van der Waals surface area contributed by atoms with Gasteiger partial charge in [-0.2, -0.15) is 0 Å². The highest BCUT2D eigenvalue weighted by molar-refractivity contribution is 9.10. The van der Waals surface area contributed by atoms with Crippen LogP contribution in [-0.2, 0) is 4.74 Å². The van der Waals surface area contributed by atoms with E-state index in [0.717, 1.165) is 16.8 Å². The molecule has 0 saturated carbocycles. The SMILES string of the molecule is COc1ccc(Br)c([C@H]2CO2)c1. The Morgan fingerprint density at radius 2 is 2.33 bits per heavy atom. The zero-order valence-electron chi connectivity index (χ0n) is 6.71. The van der Waals surface area contributed by atoms with Crippen molar-refractivity contribution in [1.29, 1.82) is 0 Å². The van der Waals surface area contributed by atoms with Crippen LogP contribution >= 0.6 is 15.9 Å². The lowest BCUT2D eigenvalue weighted by molar-refractivity contribution is 0.404. The maximum atomic E-state index is 5.19. The Morgan fingerprint density at radius 1 is 1.58 bits per heavy atom. The number of hydrogen-bond donors (Lipinski definition) is 0. The third-order valence-corrected chi connectivity index (χ3v) is 2.61. The second-order valence-corrected chi connectivity index (χ2v) is 3.56. The molecular formula is C9H9BrO2. The number of benzene rings is 1. The van der Waals surface area contributed by atoms with Gasteiger partial charge in [0, 0.05) is 10.0 Å². The molecule has 2 rings (SSSR count). The molecule has 1 fully saturated rings. The third kappa shape index (κ3) is 1.47. The first-order valence-corrected chi connectivity index (χ1v) is 4.55. The van der Waals surface area contributed by atoms with Gasteiger partial charge in [-0.25, -0.2) is 0 Å². The summed E-state index contributed by atoms with van der Waals surface area (Å²) in [5.74, 6) is 0.878. The fraction of sp³-hybridized carbons (Fsp3) is 0.333. The first-order chi connectivity index (χ1) is 5.81. The molecule has 0 amide bonds. The number of ether oxygens (including phenoxy) is 2. The van der Waals surface area contributed by atoms with Crippen molar-refractivity contribution in [2.75, 3.05) is 13.7 Å². The molecule has 1 aliphatic heterocycles. The molecule has 12 heavy (non-hydrogen) atoms. The first kappa shape index (κ1) is 8.08. The van der Waals surface area contributed by atoms with Crippen molar-refractivity contribution in [3.8, 4) is 5.75 Å². The summed E-state index contributed by atoms with van der Waals surface area (Å²) >= 11 is 3.46. The van der Waals surface area contributed by atoms with Gasteiger partial charge in [0.05, 0.1) is 13.7 Å². The molecule has 1 heterocycles. The van der Waals surface area contributed by atoms with E-state index >= 15 is 0 Å². The van der Waals surface area contributed by atoms with Crippen LogP contribution in [0.4, 0.5) is 0 Å². The minimum atomic E-state index is 0.273. The molecule has 0 spiro atoms. The summed E-state index contributed by atoms with van der Waals surface area (Å²) in [5, 5.41) is 0. The number of methoxy groups -OCH3 is 1. The van der Waals surface area contributed by atoms with Crippen molar-refractivity contribution >= 4 is 15.9 Å². The molecule has 1 aromatic rings. The van der Waals surface area contributed by atoms with E-state index in [1.165, 1.54) is 5.56 Å². The van der Waals surface area contributed by atoms with Crippen molar-refractivity contribution in [3.63, 3.8) is 0 Å². The number of halogens is 1. The Hall–Kier alpha value is -0.540. The van der Waals surface area contributed by atoms with Crippen LogP contribution in [0.2, 0.25) is 0 Å². The first-order valence-electron chi connectivity index (χ1n) is 3.76. The molecule has 0 aromatic heterocycles. The monoisotopic (exact) mass is 228 g/mol. The maximum absolute atomic E-state index is 5.19. The van der Waals surface area contributed by atoms with Gasteiger partial charge < -0.3 is 9.47 Å². The lowest BCUT2D eigenvalue weighted by atomic mass is 10.1. The lowest BCUT2D eigenvalue weighted by Crippen LogP contribution is -1.87. The molecule has 0 bridgehead atoms. The molecular weight excluding hydrogens is 220 g/mol. The van der Waals surface area contributed by atoms with Crippen LogP contribution in [0.15, 0.2) is 22.7 Å². The van der Waals surface area contributed by atoms with Crippen LogP contribution in [0.25, 0.3) is 0 Å². The summed E-state index contributed by atoms with van der Waals surface area (Å²) in [6.45, 7) is 0.825. The molecule has 0 radical (unpaired) electrons. The number of epoxide rings is 1. The summed E-state index contributed by atoms with van der Waals surface area (Å²) in [4.78, 5) is 0. The zero-order valence-corrected chi connectivity index (χ0v) is 8.30. The molecule has 0 N–H and O–H groups in total. The minimum absolute atomic E-state index is 0.273. The molecule has 1 aliphatic rings. The normalized spacial score (nSPS) is 20.7. The van der Waals surface area contributed by atoms with E-state index in [0.29, 0.717) is 0 Å². The fourth-order valence-corrected chi connectivity index (χ4v) is 1.63. The van der Waals surface area contributed by atoms with Gasteiger partial charge in [0.15, 0.2) is 0 Å². The van der Waals surface area contributed by atoms with E-state index in [-0.39, 0.29) is 6.10 Å². The quantitative estimate of drug-likeness (QED) is 0.727. The number of hydrogen-bond acceptors (Lipinski definition) is 2. The van der Waals surface area contributed by atoms with Gasteiger partial charge in [-0.3, -0.25) is 0 Å². The van der Waals surface area contributed by atoms with Gasteiger partial charge in [-0.15, -0.1) is 0 Å². The van der Waals surface area contributed by atoms with Crippen LogP contribution in [0.1, 0.15) is 11.7 Å². The van der Waals surface area contributed by atoms with Crippen LogP contribution in [0, 0.1) is 0 Å². The molecule has 1 atom stereocenters. The van der Waals surface area contributed by atoms with Crippen molar-refractivity contribution in [2.45, 2.75) is 6.10 Å². The maximum Gasteiger partial charge on any atom is 0.119 e. The molecule has 1 aromatic carbocycles. The molecule has 1 saturated heterocycles. The largest absolute Gasteiger partial charge is 0.497 e.